The zero-order valence-electron chi connectivity index (χ0n) is 15.5. The number of carbonyl (C=O) groups excluding carboxylic acids is 1. The van der Waals surface area contributed by atoms with E-state index >= 15 is 0 Å². The molecule has 0 radical (unpaired) electrons. The van der Waals surface area contributed by atoms with Crippen molar-refractivity contribution in [1.82, 2.24) is 19.6 Å². The standard InChI is InChI=1S/C18H20N6O4/c1-3-4-12-15(16(25)24-17(21-12)19-10(2)23-24)22-18(26)20-11-5-6-13-14(9-11)28-8-7-27-13/h5-6,9H,3-4,7-8H2,1-2H3,(H,19,21,23)(H2,20,22,26). The monoisotopic (exact) mass is 384 g/mol. The van der Waals surface area contributed by atoms with Crippen molar-refractivity contribution in [3.8, 4) is 11.5 Å². The van der Waals surface area contributed by atoms with Crippen molar-refractivity contribution in [2.24, 2.45) is 0 Å². The molecule has 2 amide bonds. The molecule has 0 aliphatic carbocycles. The number of nitrogens with one attached hydrogen (secondary N) is 3. The van der Waals surface area contributed by atoms with Gasteiger partial charge in [-0.3, -0.25) is 9.89 Å². The van der Waals surface area contributed by atoms with Crippen molar-refractivity contribution < 1.29 is 14.3 Å². The van der Waals surface area contributed by atoms with Gasteiger partial charge in [0.1, 0.15) is 24.7 Å². The number of aromatic amines is 1. The summed E-state index contributed by atoms with van der Waals surface area (Å²) in [4.78, 5) is 33.9. The molecule has 3 heterocycles. The lowest BCUT2D eigenvalue weighted by molar-refractivity contribution is 0.171. The minimum absolute atomic E-state index is 0.123. The molecule has 0 bridgehead atoms. The summed E-state index contributed by atoms with van der Waals surface area (Å²) in [5.41, 5.74) is 0.728. The summed E-state index contributed by atoms with van der Waals surface area (Å²) in [6.45, 7) is 4.65. The average Bonchev–Trinajstić information content (AvgIpc) is 3.05. The second kappa shape index (κ2) is 7.22. The first-order valence-electron chi connectivity index (χ1n) is 9.01. The van der Waals surface area contributed by atoms with Gasteiger partial charge in [0.15, 0.2) is 11.5 Å². The summed E-state index contributed by atoms with van der Waals surface area (Å²) >= 11 is 0. The Morgan fingerprint density at radius 1 is 1.21 bits per heavy atom. The molecule has 3 N–H and O–H groups in total. The summed E-state index contributed by atoms with van der Waals surface area (Å²) in [6.07, 6.45) is 1.31. The molecule has 146 valence electrons. The van der Waals surface area contributed by atoms with Crippen LogP contribution in [0.25, 0.3) is 5.78 Å². The van der Waals surface area contributed by atoms with E-state index < -0.39 is 11.6 Å². The maximum absolute atomic E-state index is 12.8. The molecule has 0 saturated heterocycles. The first kappa shape index (κ1) is 17.8. The average molecular weight is 384 g/mol. The number of hydrogen-bond donors (Lipinski definition) is 3. The van der Waals surface area contributed by atoms with Crippen molar-refractivity contribution >= 4 is 23.2 Å². The topological polar surface area (TPSA) is 123 Å². The molecular weight excluding hydrogens is 364 g/mol. The minimum Gasteiger partial charge on any atom is -0.486 e. The number of benzene rings is 1. The molecule has 3 aromatic rings. The van der Waals surface area contributed by atoms with Crippen LogP contribution in [0, 0.1) is 6.92 Å². The third kappa shape index (κ3) is 3.36. The number of amides is 2. The molecule has 2 aromatic heterocycles. The van der Waals surface area contributed by atoms with Crippen LogP contribution >= 0.6 is 0 Å². The number of H-pyrrole nitrogens is 1. The number of rotatable bonds is 4. The molecule has 28 heavy (non-hydrogen) atoms. The third-order valence-electron chi connectivity index (χ3n) is 4.21. The van der Waals surface area contributed by atoms with Crippen LogP contribution < -0.4 is 25.7 Å². The molecule has 1 aliphatic rings. The highest BCUT2D eigenvalue weighted by Crippen LogP contribution is 2.32. The third-order valence-corrected chi connectivity index (χ3v) is 4.21. The van der Waals surface area contributed by atoms with E-state index in [0.29, 0.717) is 48.3 Å². The molecule has 0 unspecified atom stereocenters. The van der Waals surface area contributed by atoms with E-state index in [1.54, 1.807) is 25.1 Å². The van der Waals surface area contributed by atoms with Gasteiger partial charge in [-0.15, -0.1) is 0 Å². The molecule has 10 heteroatoms. The molecule has 4 rings (SSSR count). The number of anilines is 2. The van der Waals surface area contributed by atoms with Crippen LogP contribution in [0.15, 0.2) is 23.0 Å². The number of urea groups is 1. The lowest BCUT2D eigenvalue weighted by atomic mass is 10.2. The van der Waals surface area contributed by atoms with Gasteiger partial charge in [0, 0.05) is 11.8 Å². The molecule has 1 aromatic carbocycles. The van der Waals surface area contributed by atoms with Crippen molar-refractivity contribution in [1.29, 1.82) is 0 Å². The van der Waals surface area contributed by atoms with Crippen LogP contribution in [0.1, 0.15) is 24.9 Å². The number of aryl methyl sites for hydroxylation is 2. The molecule has 0 saturated carbocycles. The number of fused-ring (bicyclic) bond motifs is 2. The van der Waals surface area contributed by atoms with Crippen molar-refractivity contribution in [2.45, 2.75) is 26.7 Å². The largest absolute Gasteiger partial charge is 0.486 e. The Morgan fingerprint density at radius 2 is 2.00 bits per heavy atom. The van der Waals surface area contributed by atoms with Crippen molar-refractivity contribution in [3.63, 3.8) is 0 Å². The quantitative estimate of drug-likeness (QED) is 0.633. The predicted octanol–water partition coefficient (Wildman–Crippen LogP) is 2.09. The van der Waals surface area contributed by atoms with Crippen LogP contribution in [0.3, 0.4) is 0 Å². The maximum atomic E-state index is 12.8. The summed E-state index contributed by atoms with van der Waals surface area (Å²) < 4.78 is 12.2. The number of carbonyl (C=O) groups is 1. The van der Waals surface area contributed by atoms with Crippen molar-refractivity contribution in [2.75, 3.05) is 23.8 Å². The summed E-state index contributed by atoms with van der Waals surface area (Å²) in [5, 5.41) is 8.15. The first-order chi connectivity index (χ1) is 13.5. The molecule has 0 atom stereocenters. The van der Waals surface area contributed by atoms with Gasteiger partial charge < -0.3 is 20.1 Å². The molecular formula is C18H20N6O4. The van der Waals surface area contributed by atoms with E-state index in [-0.39, 0.29) is 11.5 Å². The highest BCUT2D eigenvalue weighted by Gasteiger charge is 2.18. The van der Waals surface area contributed by atoms with Gasteiger partial charge in [-0.05, 0) is 25.5 Å². The van der Waals surface area contributed by atoms with Gasteiger partial charge >= 0.3 is 6.03 Å². The SMILES string of the molecule is CCCc1nc2nc(C)[nH]n2c(=O)c1NC(=O)Nc1ccc2c(c1)OCCO2. The van der Waals surface area contributed by atoms with E-state index in [2.05, 4.69) is 25.7 Å². The number of ether oxygens (including phenoxy) is 2. The van der Waals surface area contributed by atoms with Gasteiger partial charge in [0.25, 0.3) is 11.3 Å². The second-order valence-electron chi connectivity index (χ2n) is 6.37. The second-order valence-corrected chi connectivity index (χ2v) is 6.37. The van der Waals surface area contributed by atoms with E-state index in [1.165, 1.54) is 4.52 Å². The van der Waals surface area contributed by atoms with E-state index in [0.717, 1.165) is 6.42 Å². The first-order valence-corrected chi connectivity index (χ1v) is 9.01. The van der Waals surface area contributed by atoms with E-state index in [1.807, 2.05) is 6.92 Å². The number of hydrogen-bond acceptors (Lipinski definition) is 6. The predicted molar refractivity (Wildman–Crippen MR) is 102 cm³/mol. The molecule has 1 aliphatic heterocycles. The van der Waals surface area contributed by atoms with Crippen LogP contribution in [-0.2, 0) is 6.42 Å². The summed E-state index contributed by atoms with van der Waals surface area (Å²) in [7, 11) is 0. The number of aromatic nitrogens is 4. The van der Waals surface area contributed by atoms with E-state index in [4.69, 9.17) is 9.47 Å². The van der Waals surface area contributed by atoms with E-state index in [9.17, 15) is 9.59 Å². The van der Waals surface area contributed by atoms with Gasteiger partial charge in [0.05, 0.1) is 5.69 Å². The Hall–Kier alpha value is -3.56. The van der Waals surface area contributed by atoms with Crippen LogP contribution in [0.5, 0.6) is 11.5 Å². The van der Waals surface area contributed by atoms with Gasteiger partial charge in [-0.25, -0.2) is 9.78 Å². The fourth-order valence-electron chi connectivity index (χ4n) is 3.01. The molecule has 10 nitrogen and oxygen atoms in total. The summed E-state index contributed by atoms with van der Waals surface area (Å²) in [5.74, 6) is 2.03. The molecule has 0 spiro atoms. The highest BCUT2D eigenvalue weighted by atomic mass is 16.6. The normalized spacial score (nSPS) is 12.8. The Bertz CT molecular complexity index is 1100. The van der Waals surface area contributed by atoms with Gasteiger partial charge in [0.2, 0.25) is 0 Å². The molecule has 0 fully saturated rings. The van der Waals surface area contributed by atoms with Crippen LogP contribution in [-0.4, -0.2) is 38.8 Å². The smallest absolute Gasteiger partial charge is 0.323 e. The Labute approximate surface area is 159 Å². The minimum atomic E-state index is -0.552. The Balaban J connectivity index is 1.60. The Morgan fingerprint density at radius 3 is 2.79 bits per heavy atom. The number of nitrogens with zero attached hydrogens (tertiary/aromatic N) is 3. The summed E-state index contributed by atoms with van der Waals surface area (Å²) in [6, 6.07) is 4.55. The lowest BCUT2D eigenvalue weighted by Gasteiger charge is -2.19. The zero-order valence-corrected chi connectivity index (χ0v) is 15.5. The highest BCUT2D eigenvalue weighted by molar-refractivity contribution is 6.00. The maximum Gasteiger partial charge on any atom is 0.323 e. The lowest BCUT2D eigenvalue weighted by Crippen LogP contribution is -2.28. The fourth-order valence-corrected chi connectivity index (χ4v) is 3.01. The zero-order chi connectivity index (χ0) is 19.7. The van der Waals surface area contributed by atoms with Crippen LogP contribution in [0.2, 0.25) is 0 Å². The Kier molecular flexibility index (Phi) is 4.60. The van der Waals surface area contributed by atoms with Gasteiger partial charge in [-0.1, -0.05) is 13.3 Å². The van der Waals surface area contributed by atoms with Crippen LogP contribution in [0.4, 0.5) is 16.2 Å². The fraction of sp³-hybridized carbons (Fsp3) is 0.333. The van der Waals surface area contributed by atoms with Crippen molar-refractivity contribution in [3.05, 3.63) is 40.1 Å². The van der Waals surface area contributed by atoms with Gasteiger partial charge in [-0.2, -0.15) is 9.50 Å².